The van der Waals surface area contributed by atoms with Crippen molar-refractivity contribution in [1.29, 1.82) is 0 Å². The Morgan fingerprint density at radius 2 is 2.09 bits per heavy atom. The van der Waals surface area contributed by atoms with Crippen LogP contribution in [0.4, 0.5) is 5.95 Å². The molecule has 0 saturated carbocycles. The van der Waals surface area contributed by atoms with Crippen LogP contribution in [0.1, 0.15) is 17.2 Å². The molecular weight excluding hydrogens is 312 g/mol. The Morgan fingerprint density at radius 3 is 2.78 bits per heavy atom. The summed E-state index contributed by atoms with van der Waals surface area (Å²) in [5, 5.41) is 0.746. The number of aromatic nitrogens is 2. The molecule has 0 amide bonds. The first-order valence-corrected chi connectivity index (χ1v) is 8.07. The molecule has 1 aliphatic heterocycles. The van der Waals surface area contributed by atoms with E-state index in [0.717, 1.165) is 41.7 Å². The smallest absolute Gasteiger partial charge is 0.224 e. The van der Waals surface area contributed by atoms with Crippen molar-refractivity contribution in [3.63, 3.8) is 0 Å². The molecule has 0 aliphatic carbocycles. The molecule has 1 aromatic heterocycles. The molecule has 0 spiro atoms. The van der Waals surface area contributed by atoms with Crippen molar-refractivity contribution in [3.05, 3.63) is 52.8 Å². The van der Waals surface area contributed by atoms with Gasteiger partial charge in [-0.2, -0.15) is 0 Å². The summed E-state index contributed by atoms with van der Waals surface area (Å²) in [6.07, 6.45) is 3.85. The van der Waals surface area contributed by atoms with Gasteiger partial charge in [-0.15, -0.1) is 0 Å². The summed E-state index contributed by atoms with van der Waals surface area (Å²) >= 11 is 6.08. The number of hydrogen-bond donors (Lipinski definition) is 0. The van der Waals surface area contributed by atoms with E-state index >= 15 is 0 Å². The van der Waals surface area contributed by atoms with Crippen LogP contribution >= 0.6 is 11.6 Å². The Labute approximate surface area is 141 Å². The largest absolute Gasteiger partial charge is 0.371 e. The highest BCUT2D eigenvalue weighted by Crippen LogP contribution is 2.25. The first-order chi connectivity index (χ1) is 11.1. The summed E-state index contributed by atoms with van der Waals surface area (Å²) in [5.74, 6) is 0.729. The maximum absolute atomic E-state index is 6.08. The highest BCUT2D eigenvalue weighted by Gasteiger charge is 2.22. The molecule has 0 radical (unpaired) electrons. The van der Waals surface area contributed by atoms with Crippen LogP contribution in [0.25, 0.3) is 0 Å². The van der Waals surface area contributed by atoms with Crippen molar-refractivity contribution in [2.45, 2.75) is 12.6 Å². The maximum Gasteiger partial charge on any atom is 0.224 e. The summed E-state index contributed by atoms with van der Waals surface area (Å²) in [6.45, 7) is 3.30. The van der Waals surface area contributed by atoms with E-state index < -0.39 is 0 Å². The van der Waals surface area contributed by atoms with E-state index in [4.69, 9.17) is 16.3 Å². The van der Waals surface area contributed by atoms with Gasteiger partial charge in [0.25, 0.3) is 0 Å². The quantitative estimate of drug-likeness (QED) is 0.861. The Morgan fingerprint density at radius 1 is 1.30 bits per heavy atom. The van der Waals surface area contributed by atoms with Crippen molar-refractivity contribution in [3.8, 4) is 0 Å². The van der Waals surface area contributed by atoms with Gasteiger partial charge in [0, 0.05) is 56.7 Å². The first kappa shape index (κ1) is 16.2. The van der Waals surface area contributed by atoms with Gasteiger partial charge in [-0.25, -0.2) is 9.97 Å². The zero-order valence-electron chi connectivity index (χ0n) is 13.4. The van der Waals surface area contributed by atoms with Gasteiger partial charge in [0.1, 0.15) is 0 Å². The van der Waals surface area contributed by atoms with Crippen molar-refractivity contribution >= 4 is 17.5 Å². The third-order valence-corrected chi connectivity index (χ3v) is 4.10. The number of benzene rings is 1. The number of morpholine rings is 1. The highest BCUT2D eigenvalue weighted by atomic mass is 35.5. The molecule has 6 heteroatoms. The van der Waals surface area contributed by atoms with Gasteiger partial charge in [0.05, 0.1) is 12.7 Å². The first-order valence-electron chi connectivity index (χ1n) is 7.69. The molecule has 2 heterocycles. The van der Waals surface area contributed by atoms with Crippen molar-refractivity contribution in [2.75, 3.05) is 38.7 Å². The summed E-state index contributed by atoms with van der Waals surface area (Å²) in [7, 11) is 3.87. The van der Waals surface area contributed by atoms with Crippen molar-refractivity contribution in [1.82, 2.24) is 14.9 Å². The van der Waals surface area contributed by atoms with Crippen LogP contribution in [-0.2, 0) is 11.3 Å². The van der Waals surface area contributed by atoms with Gasteiger partial charge in [0.15, 0.2) is 0 Å². The normalized spacial score (nSPS) is 18.8. The summed E-state index contributed by atoms with van der Waals surface area (Å²) in [6, 6.07) is 7.89. The maximum atomic E-state index is 6.08. The molecule has 3 rings (SSSR count). The molecule has 2 aromatic rings. The molecule has 0 N–H and O–H groups in total. The van der Waals surface area contributed by atoms with E-state index in [9.17, 15) is 0 Å². The second-order valence-electron chi connectivity index (χ2n) is 5.94. The van der Waals surface area contributed by atoms with Gasteiger partial charge < -0.3 is 9.64 Å². The van der Waals surface area contributed by atoms with E-state index in [1.165, 1.54) is 0 Å². The standard InChI is InChI=1S/C17H21ClN4O/c1-21(2)17-19-9-13(10-20-17)11-22-6-7-23-16(12-22)14-4-3-5-15(18)8-14/h3-5,8-10,16H,6-7,11-12H2,1-2H3/t16-/m1/s1. The zero-order valence-corrected chi connectivity index (χ0v) is 14.2. The lowest BCUT2D eigenvalue weighted by atomic mass is 10.1. The minimum absolute atomic E-state index is 0.0596. The third-order valence-electron chi connectivity index (χ3n) is 3.87. The zero-order chi connectivity index (χ0) is 16.2. The predicted octanol–water partition coefficient (Wildman–Crippen LogP) is 2.77. The lowest BCUT2D eigenvalue weighted by Crippen LogP contribution is -2.37. The lowest BCUT2D eigenvalue weighted by molar-refractivity contribution is -0.0329. The molecule has 1 atom stereocenters. The van der Waals surface area contributed by atoms with Crippen LogP contribution < -0.4 is 4.90 Å². The van der Waals surface area contributed by atoms with Crippen LogP contribution in [-0.4, -0.2) is 48.7 Å². The molecule has 1 aromatic carbocycles. The molecular formula is C17H21ClN4O. The fourth-order valence-corrected chi connectivity index (χ4v) is 2.87. The van der Waals surface area contributed by atoms with Gasteiger partial charge >= 0.3 is 0 Å². The molecule has 23 heavy (non-hydrogen) atoms. The molecule has 5 nitrogen and oxygen atoms in total. The van der Waals surface area contributed by atoms with Crippen molar-refractivity contribution in [2.24, 2.45) is 0 Å². The molecule has 0 unspecified atom stereocenters. The van der Waals surface area contributed by atoms with Crippen LogP contribution in [0.2, 0.25) is 5.02 Å². The highest BCUT2D eigenvalue weighted by molar-refractivity contribution is 6.30. The average Bonchev–Trinajstić information content (AvgIpc) is 2.56. The lowest BCUT2D eigenvalue weighted by Gasteiger charge is -2.33. The van der Waals surface area contributed by atoms with Gasteiger partial charge in [-0.3, -0.25) is 4.90 Å². The molecule has 0 bridgehead atoms. The number of nitrogens with zero attached hydrogens (tertiary/aromatic N) is 4. The number of hydrogen-bond acceptors (Lipinski definition) is 5. The van der Waals surface area contributed by atoms with Gasteiger partial charge in [0.2, 0.25) is 5.95 Å². The van der Waals surface area contributed by atoms with Crippen LogP contribution in [0, 0.1) is 0 Å². The second kappa shape index (κ2) is 7.25. The molecule has 1 fully saturated rings. The Hall–Kier alpha value is -1.69. The predicted molar refractivity (Wildman–Crippen MR) is 91.8 cm³/mol. The molecule has 1 aliphatic rings. The summed E-state index contributed by atoms with van der Waals surface area (Å²) < 4.78 is 5.90. The SMILES string of the molecule is CN(C)c1ncc(CN2CCO[C@@H](c3cccc(Cl)c3)C2)cn1. The fourth-order valence-electron chi connectivity index (χ4n) is 2.67. The molecule has 122 valence electrons. The average molecular weight is 333 g/mol. The summed E-state index contributed by atoms with van der Waals surface area (Å²) in [4.78, 5) is 13.0. The Bertz CT molecular complexity index is 647. The van der Waals surface area contributed by atoms with Crippen LogP contribution in [0.3, 0.4) is 0 Å². The van der Waals surface area contributed by atoms with E-state index in [1.54, 1.807) is 0 Å². The van der Waals surface area contributed by atoms with Crippen molar-refractivity contribution < 1.29 is 4.74 Å². The van der Waals surface area contributed by atoms with E-state index in [2.05, 4.69) is 20.9 Å². The number of rotatable bonds is 4. The van der Waals surface area contributed by atoms with Gasteiger partial charge in [-0.1, -0.05) is 23.7 Å². The third kappa shape index (κ3) is 4.19. The topological polar surface area (TPSA) is 41.5 Å². The number of ether oxygens (including phenoxy) is 1. The Balaban J connectivity index is 1.64. The molecule has 1 saturated heterocycles. The van der Waals surface area contributed by atoms with Gasteiger partial charge in [-0.05, 0) is 17.7 Å². The van der Waals surface area contributed by atoms with E-state index in [0.29, 0.717) is 6.61 Å². The second-order valence-corrected chi connectivity index (χ2v) is 6.37. The minimum Gasteiger partial charge on any atom is -0.371 e. The van der Waals surface area contributed by atoms with E-state index in [1.807, 2.05) is 49.6 Å². The monoisotopic (exact) mass is 332 g/mol. The number of halogens is 1. The fraction of sp³-hybridized carbons (Fsp3) is 0.412. The van der Waals surface area contributed by atoms with E-state index in [-0.39, 0.29) is 6.10 Å². The minimum atomic E-state index is 0.0596. The van der Waals surface area contributed by atoms with Crippen LogP contribution in [0.15, 0.2) is 36.7 Å². The Kier molecular flexibility index (Phi) is 5.10. The summed E-state index contributed by atoms with van der Waals surface area (Å²) in [5.41, 5.74) is 2.24. The van der Waals surface area contributed by atoms with Crippen LogP contribution in [0.5, 0.6) is 0 Å². The number of anilines is 1.